The minimum atomic E-state index is -0.318. The summed E-state index contributed by atoms with van der Waals surface area (Å²) in [7, 11) is 3.46. The minimum Gasteiger partial charge on any atom is -0.493 e. The number of rotatable bonds is 8. The predicted octanol–water partition coefficient (Wildman–Crippen LogP) is 2.74. The number of nitrogens with one attached hydrogen (secondary N) is 1. The minimum absolute atomic E-state index is 0.0686. The summed E-state index contributed by atoms with van der Waals surface area (Å²) in [5, 5.41) is 3.28. The molecule has 0 saturated heterocycles. The molecule has 0 aromatic heterocycles. The van der Waals surface area contributed by atoms with Gasteiger partial charge < -0.3 is 15.0 Å². The maximum atomic E-state index is 13.4. The molecule has 5 heteroatoms. The zero-order valence-electron chi connectivity index (χ0n) is 13.3. The van der Waals surface area contributed by atoms with Crippen molar-refractivity contribution in [3.05, 3.63) is 29.6 Å². The molecule has 0 aliphatic heterocycles. The van der Waals surface area contributed by atoms with E-state index in [0.717, 1.165) is 12.1 Å². The number of hydrogen-bond acceptors (Lipinski definition) is 3. The van der Waals surface area contributed by atoms with E-state index < -0.39 is 0 Å². The molecule has 1 aromatic carbocycles. The van der Waals surface area contributed by atoms with Crippen LogP contribution in [-0.2, 0) is 4.79 Å². The summed E-state index contributed by atoms with van der Waals surface area (Å²) in [6.45, 7) is 5.26. The first-order valence-corrected chi connectivity index (χ1v) is 7.31. The molecule has 0 radical (unpaired) electrons. The van der Waals surface area contributed by atoms with Crippen LogP contribution < -0.4 is 10.1 Å². The summed E-state index contributed by atoms with van der Waals surface area (Å²) in [6, 6.07) is 4.67. The van der Waals surface area contributed by atoms with Crippen molar-refractivity contribution < 1.29 is 13.9 Å². The second-order valence-electron chi connectivity index (χ2n) is 5.20. The van der Waals surface area contributed by atoms with Crippen LogP contribution in [0.4, 0.5) is 4.39 Å². The molecule has 4 nitrogen and oxygen atoms in total. The lowest BCUT2D eigenvalue weighted by molar-refractivity contribution is -0.128. The molecule has 118 valence electrons. The molecule has 1 aromatic rings. The van der Waals surface area contributed by atoms with Crippen LogP contribution in [0.1, 0.15) is 38.3 Å². The van der Waals surface area contributed by atoms with Gasteiger partial charge in [0.1, 0.15) is 11.6 Å². The van der Waals surface area contributed by atoms with Crippen molar-refractivity contribution in [2.45, 2.75) is 32.7 Å². The van der Waals surface area contributed by atoms with Crippen LogP contribution >= 0.6 is 0 Å². The Morgan fingerprint density at radius 3 is 2.76 bits per heavy atom. The van der Waals surface area contributed by atoms with E-state index >= 15 is 0 Å². The van der Waals surface area contributed by atoms with Gasteiger partial charge in [0.25, 0.3) is 0 Å². The summed E-state index contributed by atoms with van der Waals surface area (Å²) >= 11 is 0. The molecule has 21 heavy (non-hydrogen) atoms. The first-order chi connectivity index (χ1) is 9.95. The summed E-state index contributed by atoms with van der Waals surface area (Å²) in [5.41, 5.74) is 0.928. The van der Waals surface area contributed by atoms with Gasteiger partial charge in [0.2, 0.25) is 5.91 Å². The van der Waals surface area contributed by atoms with Crippen LogP contribution in [0.5, 0.6) is 5.75 Å². The smallest absolute Gasteiger partial charge is 0.222 e. The van der Waals surface area contributed by atoms with Gasteiger partial charge in [-0.05, 0) is 26.0 Å². The van der Waals surface area contributed by atoms with Crippen LogP contribution in [0, 0.1) is 5.82 Å². The summed E-state index contributed by atoms with van der Waals surface area (Å²) in [5.74, 6) is 0.293. The third-order valence-corrected chi connectivity index (χ3v) is 3.24. The standard InChI is InChI=1S/C16H25FN2O2/c1-5-18-12(2)14-9-8-13(17)11-15(14)21-10-6-7-16(20)19(3)4/h8-9,11-12,18H,5-7,10H2,1-4H3. The molecule has 0 bridgehead atoms. The van der Waals surface area contributed by atoms with E-state index in [-0.39, 0.29) is 17.8 Å². The Bertz CT molecular complexity index is 464. The van der Waals surface area contributed by atoms with Crippen molar-refractivity contribution in [1.82, 2.24) is 10.2 Å². The number of hydrogen-bond donors (Lipinski definition) is 1. The first-order valence-electron chi connectivity index (χ1n) is 7.31. The molecular formula is C16H25FN2O2. The van der Waals surface area contributed by atoms with Gasteiger partial charge in [0.15, 0.2) is 0 Å². The average molecular weight is 296 g/mol. The fourth-order valence-corrected chi connectivity index (χ4v) is 2.04. The van der Waals surface area contributed by atoms with E-state index in [1.165, 1.54) is 12.1 Å². The second kappa shape index (κ2) is 8.62. The van der Waals surface area contributed by atoms with Gasteiger partial charge >= 0.3 is 0 Å². The predicted molar refractivity (Wildman–Crippen MR) is 81.9 cm³/mol. The van der Waals surface area contributed by atoms with E-state index in [2.05, 4.69) is 5.32 Å². The Kier molecular flexibility index (Phi) is 7.15. The van der Waals surface area contributed by atoms with Crippen LogP contribution in [0.2, 0.25) is 0 Å². The van der Waals surface area contributed by atoms with Crippen LogP contribution in [0.25, 0.3) is 0 Å². The van der Waals surface area contributed by atoms with E-state index in [4.69, 9.17) is 4.74 Å². The highest BCUT2D eigenvalue weighted by molar-refractivity contribution is 5.75. The van der Waals surface area contributed by atoms with Gasteiger partial charge in [-0.1, -0.05) is 13.0 Å². The summed E-state index contributed by atoms with van der Waals surface area (Å²) < 4.78 is 19.0. The number of halogens is 1. The van der Waals surface area contributed by atoms with Gasteiger partial charge in [0, 0.05) is 38.2 Å². The Labute approximate surface area is 126 Å². The number of carbonyl (C=O) groups excluding carboxylic acids is 1. The summed E-state index contributed by atoms with van der Waals surface area (Å²) in [6.07, 6.45) is 1.04. The van der Waals surface area contributed by atoms with Crippen LogP contribution in [-0.4, -0.2) is 38.1 Å². The SMILES string of the molecule is CCNC(C)c1ccc(F)cc1OCCCC(=O)N(C)C. The highest BCUT2D eigenvalue weighted by atomic mass is 19.1. The zero-order valence-corrected chi connectivity index (χ0v) is 13.3. The van der Waals surface area contributed by atoms with Crippen molar-refractivity contribution in [2.75, 3.05) is 27.2 Å². The molecule has 0 spiro atoms. The molecule has 0 heterocycles. The lowest BCUT2D eigenvalue weighted by Gasteiger charge is -2.18. The molecule has 0 fully saturated rings. The summed E-state index contributed by atoms with van der Waals surface area (Å²) in [4.78, 5) is 13.0. The molecule has 1 rings (SSSR count). The average Bonchev–Trinajstić information content (AvgIpc) is 2.43. The van der Waals surface area contributed by atoms with Crippen LogP contribution in [0.15, 0.2) is 18.2 Å². The third kappa shape index (κ3) is 5.71. The largest absolute Gasteiger partial charge is 0.493 e. The number of carbonyl (C=O) groups is 1. The van der Waals surface area contributed by atoms with Crippen molar-refractivity contribution in [3.8, 4) is 5.75 Å². The normalized spacial score (nSPS) is 12.0. The maximum Gasteiger partial charge on any atom is 0.222 e. The maximum absolute atomic E-state index is 13.4. The van der Waals surface area contributed by atoms with E-state index in [0.29, 0.717) is 25.2 Å². The monoisotopic (exact) mass is 296 g/mol. The van der Waals surface area contributed by atoms with Crippen molar-refractivity contribution in [2.24, 2.45) is 0 Å². The molecular weight excluding hydrogens is 271 g/mol. The zero-order chi connectivity index (χ0) is 15.8. The molecule has 1 N–H and O–H groups in total. The highest BCUT2D eigenvalue weighted by Gasteiger charge is 2.12. The van der Waals surface area contributed by atoms with Gasteiger partial charge in [-0.25, -0.2) is 4.39 Å². The third-order valence-electron chi connectivity index (χ3n) is 3.24. The molecule has 0 aliphatic rings. The Balaban J connectivity index is 2.60. The van der Waals surface area contributed by atoms with Gasteiger partial charge in [-0.15, -0.1) is 0 Å². The van der Waals surface area contributed by atoms with E-state index in [1.54, 1.807) is 25.1 Å². The molecule has 1 unspecified atom stereocenters. The first kappa shape index (κ1) is 17.4. The van der Waals surface area contributed by atoms with Gasteiger partial charge in [-0.3, -0.25) is 4.79 Å². The molecule has 1 atom stereocenters. The molecule has 0 saturated carbocycles. The number of benzene rings is 1. The fourth-order valence-electron chi connectivity index (χ4n) is 2.04. The van der Waals surface area contributed by atoms with Gasteiger partial charge in [-0.2, -0.15) is 0 Å². The molecule has 1 amide bonds. The van der Waals surface area contributed by atoms with Crippen LogP contribution in [0.3, 0.4) is 0 Å². The lowest BCUT2D eigenvalue weighted by Crippen LogP contribution is -2.22. The Hall–Kier alpha value is -1.62. The quantitative estimate of drug-likeness (QED) is 0.750. The fraction of sp³-hybridized carbons (Fsp3) is 0.562. The highest BCUT2D eigenvalue weighted by Crippen LogP contribution is 2.26. The topological polar surface area (TPSA) is 41.6 Å². The number of ether oxygens (including phenoxy) is 1. The van der Waals surface area contributed by atoms with E-state index in [9.17, 15) is 9.18 Å². The van der Waals surface area contributed by atoms with Gasteiger partial charge in [0.05, 0.1) is 6.61 Å². The molecule has 0 aliphatic carbocycles. The second-order valence-corrected chi connectivity index (χ2v) is 5.20. The number of amides is 1. The van der Waals surface area contributed by atoms with Crippen molar-refractivity contribution in [3.63, 3.8) is 0 Å². The lowest BCUT2D eigenvalue weighted by atomic mass is 10.1. The number of nitrogens with zero attached hydrogens (tertiary/aromatic N) is 1. The Morgan fingerprint density at radius 2 is 2.14 bits per heavy atom. The Morgan fingerprint density at radius 1 is 1.43 bits per heavy atom. The van der Waals surface area contributed by atoms with E-state index in [1.807, 2.05) is 13.8 Å². The van der Waals surface area contributed by atoms with Crippen molar-refractivity contribution >= 4 is 5.91 Å². The van der Waals surface area contributed by atoms with Crippen molar-refractivity contribution in [1.29, 1.82) is 0 Å².